The molecular formula is C29H31NO7. The topological polar surface area (TPSA) is 108 Å². The van der Waals surface area contributed by atoms with E-state index in [0.717, 1.165) is 18.4 Å². The summed E-state index contributed by atoms with van der Waals surface area (Å²) < 4.78 is 16.7. The van der Waals surface area contributed by atoms with E-state index < -0.39 is 10.9 Å². The molecule has 37 heavy (non-hydrogen) atoms. The molecule has 0 spiro atoms. The fourth-order valence-corrected chi connectivity index (χ4v) is 3.94. The van der Waals surface area contributed by atoms with E-state index >= 15 is 0 Å². The maximum Gasteiger partial charge on any atom is 0.338 e. The molecule has 0 saturated heterocycles. The van der Waals surface area contributed by atoms with Crippen molar-refractivity contribution in [1.29, 1.82) is 0 Å². The Kier molecular flexibility index (Phi) is 9.37. The van der Waals surface area contributed by atoms with Crippen molar-refractivity contribution in [2.24, 2.45) is 0 Å². The zero-order valence-electron chi connectivity index (χ0n) is 20.5. The van der Waals surface area contributed by atoms with Crippen molar-refractivity contribution in [3.8, 4) is 0 Å². The molecule has 2 saturated carbocycles. The van der Waals surface area contributed by atoms with Crippen LogP contribution < -0.4 is 0 Å². The molecule has 8 heteroatoms. The molecule has 1 N–H and O–H groups in total. The molecule has 0 unspecified atom stereocenters. The molecule has 0 radical (unpaired) electrons. The molecule has 0 heterocycles. The number of nitro benzene ring substituents is 1. The lowest BCUT2D eigenvalue weighted by Crippen LogP contribution is -2.38. The van der Waals surface area contributed by atoms with Gasteiger partial charge in [0.05, 0.1) is 42.0 Å². The number of aliphatic hydroxyl groups is 1. The van der Waals surface area contributed by atoms with Crippen LogP contribution in [0.2, 0.25) is 0 Å². The molecule has 0 bridgehead atoms. The second-order valence-electron chi connectivity index (χ2n) is 9.27. The van der Waals surface area contributed by atoms with E-state index in [1.165, 1.54) is 29.8 Å². The van der Waals surface area contributed by atoms with Gasteiger partial charge < -0.3 is 19.3 Å². The van der Waals surface area contributed by atoms with Crippen molar-refractivity contribution >= 4 is 11.7 Å². The maximum absolute atomic E-state index is 12.0. The van der Waals surface area contributed by atoms with E-state index in [2.05, 4.69) is 12.1 Å². The first-order chi connectivity index (χ1) is 18.0. The quantitative estimate of drug-likeness (QED) is 0.241. The Labute approximate surface area is 216 Å². The number of hydrogen-bond acceptors (Lipinski definition) is 7. The highest BCUT2D eigenvalue weighted by Crippen LogP contribution is 2.28. The number of carbonyl (C=O) groups is 1. The van der Waals surface area contributed by atoms with Crippen molar-refractivity contribution in [3.63, 3.8) is 0 Å². The lowest BCUT2D eigenvalue weighted by atomic mass is 9.92. The van der Waals surface area contributed by atoms with Crippen LogP contribution in [0.15, 0.2) is 84.9 Å². The molecule has 194 valence electrons. The number of hydrogen-bond donors (Lipinski definition) is 1. The van der Waals surface area contributed by atoms with Gasteiger partial charge in [-0.25, -0.2) is 4.79 Å². The van der Waals surface area contributed by atoms with E-state index in [1.807, 2.05) is 48.5 Å². The number of esters is 1. The van der Waals surface area contributed by atoms with Crippen LogP contribution in [0.3, 0.4) is 0 Å². The average molecular weight is 506 g/mol. The number of ether oxygens (including phenoxy) is 3. The Bertz CT molecular complexity index is 1130. The fraction of sp³-hybridized carbons (Fsp3) is 0.345. The Morgan fingerprint density at radius 3 is 1.70 bits per heavy atom. The number of nitrogens with zero attached hydrogens (tertiary/aromatic N) is 1. The van der Waals surface area contributed by atoms with Crippen LogP contribution >= 0.6 is 0 Å². The largest absolute Gasteiger partial charge is 0.459 e. The van der Waals surface area contributed by atoms with Gasteiger partial charge in [0.15, 0.2) is 0 Å². The summed E-state index contributed by atoms with van der Waals surface area (Å²) in [5.74, 6) is -0.462. The van der Waals surface area contributed by atoms with Gasteiger partial charge in [0.1, 0.15) is 6.10 Å². The summed E-state index contributed by atoms with van der Waals surface area (Å²) in [6.45, 7) is 1.22. The minimum Gasteiger partial charge on any atom is -0.459 e. The van der Waals surface area contributed by atoms with Gasteiger partial charge in [-0.3, -0.25) is 10.1 Å². The number of benzene rings is 3. The van der Waals surface area contributed by atoms with Crippen LogP contribution in [-0.4, -0.2) is 40.4 Å². The zero-order chi connectivity index (χ0) is 26.0. The van der Waals surface area contributed by atoms with Crippen LogP contribution in [0.25, 0.3) is 0 Å². The predicted octanol–water partition coefficient (Wildman–Crippen LogP) is 5.23. The van der Waals surface area contributed by atoms with E-state index in [9.17, 15) is 14.9 Å². The van der Waals surface area contributed by atoms with Gasteiger partial charge in [0.25, 0.3) is 5.69 Å². The van der Waals surface area contributed by atoms with Crippen molar-refractivity contribution in [3.05, 3.63) is 112 Å². The van der Waals surface area contributed by atoms with E-state index in [1.54, 1.807) is 0 Å². The molecular weight excluding hydrogens is 474 g/mol. The van der Waals surface area contributed by atoms with Gasteiger partial charge in [-0.05, 0) is 36.1 Å². The molecule has 8 nitrogen and oxygen atoms in total. The predicted molar refractivity (Wildman–Crippen MR) is 137 cm³/mol. The van der Waals surface area contributed by atoms with Crippen LogP contribution in [-0.2, 0) is 27.4 Å². The molecule has 0 amide bonds. The Hall–Kier alpha value is -3.59. The third-order valence-corrected chi connectivity index (χ3v) is 6.37. The van der Waals surface area contributed by atoms with Crippen LogP contribution in [0.1, 0.15) is 47.2 Å². The molecule has 3 aromatic rings. The lowest BCUT2D eigenvalue weighted by molar-refractivity contribution is -0.384. The maximum atomic E-state index is 12.0. The van der Waals surface area contributed by atoms with Crippen molar-refractivity contribution < 1.29 is 29.0 Å². The molecule has 3 aromatic carbocycles. The first-order valence-corrected chi connectivity index (χ1v) is 12.4. The Morgan fingerprint density at radius 1 is 0.757 bits per heavy atom. The summed E-state index contributed by atoms with van der Waals surface area (Å²) in [6.07, 6.45) is 3.03. The van der Waals surface area contributed by atoms with Gasteiger partial charge in [0, 0.05) is 25.0 Å². The molecule has 0 atom stereocenters. The smallest absolute Gasteiger partial charge is 0.338 e. The molecule has 0 aliphatic heterocycles. The first-order valence-electron chi connectivity index (χ1n) is 12.4. The summed E-state index contributed by atoms with van der Waals surface area (Å²) in [5.41, 5.74) is 2.58. The molecule has 5 rings (SSSR count). The van der Waals surface area contributed by atoms with E-state index in [0.29, 0.717) is 31.6 Å². The molecule has 0 aromatic heterocycles. The Morgan fingerprint density at radius 2 is 1.24 bits per heavy atom. The van der Waals surface area contributed by atoms with Gasteiger partial charge in [-0.1, -0.05) is 60.7 Å². The molecule has 2 fully saturated rings. The summed E-state index contributed by atoms with van der Waals surface area (Å²) in [6, 6.07) is 25.4. The van der Waals surface area contributed by atoms with Crippen molar-refractivity contribution in [2.75, 3.05) is 0 Å². The number of carbonyl (C=O) groups excluding carboxylic acids is 1. The first kappa shape index (κ1) is 26.5. The van der Waals surface area contributed by atoms with E-state index in [4.69, 9.17) is 19.3 Å². The minimum absolute atomic E-state index is 0.0513. The fourth-order valence-electron chi connectivity index (χ4n) is 3.94. The lowest BCUT2D eigenvalue weighted by Gasteiger charge is -2.34. The normalized spacial score (nSPS) is 22.0. The number of rotatable bonds is 9. The molecule has 2 aliphatic rings. The van der Waals surface area contributed by atoms with E-state index in [-0.39, 0.29) is 30.1 Å². The monoisotopic (exact) mass is 505 g/mol. The number of aliphatic hydroxyl groups excluding tert-OH is 1. The van der Waals surface area contributed by atoms with Gasteiger partial charge in [-0.15, -0.1) is 0 Å². The third-order valence-electron chi connectivity index (χ3n) is 6.37. The highest BCUT2D eigenvalue weighted by atomic mass is 16.6. The standard InChI is InChI=1S/C18H17NO5.C11H14O2/c20-18(14-6-8-15(9-7-14)19(21)22)24-17-10-16(11-17)23-12-13-4-2-1-3-5-13;12-10-6-11(7-10)13-8-9-4-2-1-3-5-9/h1-9,16-17H,10-12H2;1-5,10-12H,6-8H2. The SMILES string of the molecule is O=C(OC1CC(OCc2ccccc2)C1)c1ccc([N+](=O)[O-])cc1.OC1CC(OCc2ccccc2)C1. The zero-order valence-corrected chi connectivity index (χ0v) is 20.5. The summed E-state index contributed by atoms with van der Waals surface area (Å²) in [5, 5.41) is 19.6. The van der Waals surface area contributed by atoms with Gasteiger partial charge >= 0.3 is 5.97 Å². The van der Waals surface area contributed by atoms with Gasteiger partial charge in [0.2, 0.25) is 0 Å². The summed E-state index contributed by atoms with van der Waals surface area (Å²) in [7, 11) is 0. The minimum atomic E-state index is -0.504. The second kappa shape index (κ2) is 13.1. The summed E-state index contributed by atoms with van der Waals surface area (Å²) in [4.78, 5) is 22.1. The molecule has 2 aliphatic carbocycles. The number of non-ortho nitro benzene ring substituents is 1. The third kappa shape index (κ3) is 8.21. The van der Waals surface area contributed by atoms with Crippen molar-refractivity contribution in [2.45, 2.75) is 63.3 Å². The average Bonchev–Trinajstić information content (AvgIpc) is 2.88. The van der Waals surface area contributed by atoms with Crippen LogP contribution in [0.4, 0.5) is 5.69 Å². The van der Waals surface area contributed by atoms with Gasteiger partial charge in [-0.2, -0.15) is 0 Å². The number of nitro groups is 1. The van der Waals surface area contributed by atoms with Crippen LogP contribution in [0.5, 0.6) is 0 Å². The van der Waals surface area contributed by atoms with Crippen LogP contribution in [0, 0.1) is 10.1 Å². The highest BCUT2D eigenvalue weighted by Gasteiger charge is 2.33. The second-order valence-corrected chi connectivity index (χ2v) is 9.27. The summed E-state index contributed by atoms with van der Waals surface area (Å²) >= 11 is 0. The Balaban J connectivity index is 0.000000207. The highest BCUT2D eigenvalue weighted by molar-refractivity contribution is 5.89. The van der Waals surface area contributed by atoms with Crippen molar-refractivity contribution in [1.82, 2.24) is 0 Å².